The topological polar surface area (TPSA) is 267 Å². The van der Waals surface area contributed by atoms with Crippen LogP contribution in [-0.2, 0) is 47.7 Å². The van der Waals surface area contributed by atoms with Crippen LogP contribution in [0.25, 0.3) is 0 Å². The largest absolute Gasteiger partial charge is 0.481 e. The Kier molecular flexibility index (Phi) is 32.6. The van der Waals surface area contributed by atoms with E-state index in [1.54, 1.807) is 4.90 Å². The molecule has 12 fully saturated rings. The molecule has 0 bridgehead atoms. The van der Waals surface area contributed by atoms with E-state index in [1.165, 1.54) is 41.5 Å². The van der Waals surface area contributed by atoms with Gasteiger partial charge < -0.3 is 78.7 Å². The van der Waals surface area contributed by atoms with Gasteiger partial charge in [-0.05, 0) is 312 Å². The van der Waals surface area contributed by atoms with Crippen molar-refractivity contribution in [1.29, 1.82) is 0 Å². The molecule has 4 heterocycles. The minimum atomic E-state index is -0.685. The summed E-state index contributed by atoms with van der Waals surface area (Å²) in [6.45, 7) is 42.9. The van der Waals surface area contributed by atoms with Crippen molar-refractivity contribution in [1.82, 2.24) is 40.0 Å². The van der Waals surface area contributed by atoms with Gasteiger partial charge in [-0.15, -0.1) is 12.4 Å². The number of halogens is 1. The minimum absolute atomic E-state index is 0. The van der Waals surface area contributed by atoms with E-state index in [9.17, 15) is 48.6 Å². The number of nitrogens with one attached hydrogen (secondary N) is 2. The van der Waals surface area contributed by atoms with E-state index >= 15 is 0 Å². The molecule has 4 aromatic rings. The first-order valence-corrected chi connectivity index (χ1v) is 47.6. The normalized spacial score (nSPS) is 25.8. The van der Waals surface area contributed by atoms with Crippen LogP contribution in [0.4, 0.5) is 14.4 Å². The zero-order valence-corrected chi connectivity index (χ0v) is 80.0. The molecular weight excluding hydrogens is 1620 g/mol. The van der Waals surface area contributed by atoms with Crippen molar-refractivity contribution in [3.05, 3.63) is 144 Å². The molecule has 127 heavy (non-hydrogen) atoms. The average Bonchev–Trinajstić information content (AvgIpc) is 1.58. The third kappa shape index (κ3) is 28.2. The van der Waals surface area contributed by atoms with E-state index in [0.29, 0.717) is 67.7 Å². The second kappa shape index (κ2) is 41.4. The summed E-state index contributed by atoms with van der Waals surface area (Å²) < 4.78 is 27.6. The number of hydrogen-bond acceptors (Lipinski definition) is 18. The summed E-state index contributed by atoms with van der Waals surface area (Å²) in [6.07, 6.45) is 19.8. The van der Waals surface area contributed by atoms with E-state index < -0.39 is 39.6 Å². The monoisotopic (exact) mass is 1780 g/mol. The molecule has 16 rings (SSSR count). The number of carbonyl (C=O) groups is 8. The van der Waals surface area contributed by atoms with Gasteiger partial charge in [0.15, 0.2) is 0 Å². The number of carboxylic acid groups (broad SMARTS) is 2. The predicted octanol–water partition coefficient (Wildman–Crippen LogP) is 18.2. The molecule has 4 aromatic carbocycles. The third-order valence-corrected chi connectivity index (χ3v) is 29.1. The van der Waals surface area contributed by atoms with E-state index in [1.807, 2.05) is 144 Å². The molecule has 4 unspecified atom stereocenters. The van der Waals surface area contributed by atoms with Gasteiger partial charge in [0.25, 0.3) is 0 Å². The highest BCUT2D eigenvalue weighted by atomic mass is 35.5. The van der Waals surface area contributed by atoms with Crippen molar-refractivity contribution in [2.45, 2.75) is 297 Å². The van der Waals surface area contributed by atoms with Crippen molar-refractivity contribution in [3.63, 3.8) is 0 Å². The smallest absolute Gasteiger partial charge is 0.410 e. The van der Waals surface area contributed by atoms with Gasteiger partial charge in [-0.3, -0.25) is 19.2 Å². The fourth-order valence-electron chi connectivity index (χ4n) is 19.2. The maximum absolute atomic E-state index is 13.3. The molecule has 23 nitrogen and oxygen atoms in total. The number of likely N-dealkylation sites (tertiary alicyclic amines) is 3. The highest BCUT2D eigenvalue weighted by Gasteiger charge is 2.58. The van der Waals surface area contributed by atoms with Gasteiger partial charge in [-0.1, -0.05) is 121 Å². The van der Waals surface area contributed by atoms with Crippen LogP contribution in [-0.4, -0.2) is 240 Å². The van der Waals surface area contributed by atoms with Crippen LogP contribution in [0.15, 0.2) is 121 Å². The molecule has 4 saturated heterocycles. The number of aliphatic carboxylic acids is 2. The quantitative estimate of drug-likeness (QED) is 0.0223. The van der Waals surface area contributed by atoms with E-state index in [0.717, 1.165) is 194 Å². The molecule has 0 spiro atoms. The summed E-state index contributed by atoms with van der Waals surface area (Å²) >= 11 is 0. The summed E-state index contributed by atoms with van der Waals surface area (Å²) in [5, 5.41) is 25.9. The Hall–Kier alpha value is -7.67. The Morgan fingerprint density at radius 1 is 0.409 bits per heavy atom. The standard InChI is InChI=1S/C28H42N2O4.C26H38N2O4.C21H30N2O2.C19H25NO3.C9H17NO2.ClH/c1-6-33-24(31)27(5)14-16-29(17-15-27)19-28(12-13-28)20-30(25(32)34-26(2,3)4)23-18-22(23)21-10-8-7-9-11-21;1-24(2,3)32-23(31)28(21-16-20(21)19-8-6-5-7-9-19)18-26(10-11-26)17-27-14-12-25(4,13-15-27)22(29)30;1-20(19(24)25)9-11-23(12-10-20)15-21(7-8-21)14-22-18-13-17(18)16-5-3-2-4-6-16;1-18(2,3)23-17(22)20(12-19(13-21)9-10-19)16-11-15(16)14-7-5-4-6-8-14;1-3-12-8(11)9(2)4-6-10-7-5-9;/h7-11,22-23H,6,12-20H2,1-5H3;5-9,20-21H,10-18H2,1-4H3,(H,29,30);2-6,17-18,22H,7-15H2,1H3,(H,24,25);4-8,13,15-16H,9-12H2,1-3H3;10H,3-7H2,1-2H3;1H/t22?,23-;20?,21-;17?,18-;15?,16-;;/m0000../s1. The number of nitrogens with zero attached hydrogens (tertiary/aromatic N) is 6. The number of esters is 2. The van der Waals surface area contributed by atoms with Crippen LogP contribution in [0.3, 0.4) is 0 Å². The Morgan fingerprint density at radius 3 is 0.984 bits per heavy atom. The zero-order valence-electron chi connectivity index (χ0n) is 79.2. The first-order chi connectivity index (χ1) is 59.6. The number of rotatable bonds is 29. The molecule has 0 radical (unpaired) electrons. The lowest BCUT2D eigenvalue weighted by Gasteiger charge is -2.40. The number of piperidine rings is 4. The average molecular weight is 1780 g/mol. The van der Waals surface area contributed by atoms with Crippen LogP contribution in [0.5, 0.6) is 0 Å². The van der Waals surface area contributed by atoms with Crippen LogP contribution in [0.2, 0.25) is 0 Å². The van der Waals surface area contributed by atoms with Gasteiger partial charge in [-0.25, -0.2) is 14.4 Å². The second-order valence-corrected chi connectivity index (χ2v) is 43.9. The van der Waals surface area contributed by atoms with Crippen molar-refractivity contribution in [3.8, 4) is 0 Å². The highest BCUT2D eigenvalue weighted by Crippen LogP contribution is 2.56. The van der Waals surface area contributed by atoms with Gasteiger partial charge in [0, 0.05) is 110 Å². The molecule has 24 heteroatoms. The molecule has 0 aromatic heterocycles. The van der Waals surface area contributed by atoms with Crippen molar-refractivity contribution in [2.24, 2.45) is 43.3 Å². The fraction of sp³-hybridized carbons (Fsp3) is 0.689. The van der Waals surface area contributed by atoms with Gasteiger partial charge in [0.05, 0.1) is 34.9 Å². The van der Waals surface area contributed by atoms with Gasteiger partial charge in [0.1, 0.15) is 23.1 Å². The number of benzene rings is 4. The Labute approximate surface area is 764 Å². The maximum atomic E-state index is 13.3. The molecule has 12 aliphatic rings. The number of amides is 3. The summed E-state index contributed by atoms with van der Waals surface area (Å²) in [6, 6.07) is 43.3. The van der Waals surface area contributed by atoms with Crippen LogP contribution in [0, 0.1) is 43.3 Å². The molecule has 3 amide bonds. The van der Waals surface area contributed by atoms with Crippen molar-refractivity contribution in [2.75, 3.05) is 111 Å². The number of carbonyl (C=O) groups excluding carboxylic acids is 6. The molecule has 8 aliphatic carbocycles. The van der Waals surface area contributed by atoms with E-state index in [-0.39, 0.29) is 87.8 Å². The molecular formula is C103H153ClN8O15. The molecule has 4 N–H and O–H groups in total. The summed E-state index contributed by atoms with van der Waals surface area (Å²) in [5.41, 5.74) is 2.40. The SMILES string of the molecule is CC(C)(C)OC(=O)N(CC1(C=O)CC1)[C@H]1CC1c1ccccc1.CC(C)(C)OC(=O)N(CC1(CN2CCC(C)(C(=O)O)CC2)CC1)[C@H]1CC1c1ccccc1.CC1(C(=O)O)CCN(CC2(CN[C@H]3CC3c3ccccc3)CC2)CC1.CCOC(=O)C1(C)CCN(CC2(CN(C(=O)OC(C)(C)C)[C@H]3CC3c3ccccc3)CC2)CC1.CCOC(=O)C1(C)CCNCC1.Cl. The fourth-order valence-corrected chi connectivity index (χ4v) is 19.2. The first kappa shape index (κ1) is 99.9. The van der Waals surface area contributed by atoms with E-state index in [2.05, 4.69) is 116 Å². The van der Waals surface area contributed by atoms with Crippen molar-refractivity contribution < 1.29 is 72.3 Å². The molecule has 4 aliphatic heterocycles. The number of carboxylic acids is 2. The van der Waals surface area contributed by atoms with E-state index in [4.69, 9.17) is 23.7 Å². The summed E-state index contributed by atoms with van der Waals surface area (Å²) in [4.78, 5) is 110. The number of hydrogen-bond donors (Lipinski definition) is 4. The number of ether oxygens (including phenoxy) is 5. The lowest BCUT2D eigenvalue weighted by atomic mass is 9.80. The highest BCUT2D eigenvalue weighted by molar-refractivity contribution is 5.85. The van der Waals surface area contributed by atoms with Gasteiger partial charge >= 0.3 is 42.2 Å². The first-order valence-electron chi connectivity index (χ1n) is 47.6. The summed E-state index contributed by atoms with van der Waals surface area (Å²) in [7, 11) is 0. The van der Waals surface area contributed by atoms with Gasteiger partial charge in [-0.2, -0.15) is 0 Å². The minimum Gasteiger partial charge on any atom is -0.481 e. The van der Waals surface area contributed by atoms with Crippen LogP contribution < -0.4 is 10.6 Å². The van der Waals surface area contributed by atoms with Gasteiger partial charge in [0.2, 0.25) is 0 Å². The van der Waals surface area contributed by atoms with Crippen molar-refractivity contribution >= 4 is 60.9 Å². The Morgan fingerprint density at radius 2 is 0.701 bits per heavy atom. The Bertz CT molecular complexity index is 4280. The van der Waals surface area contributed by atoms with Crippen LogP contribution >= 0.6 is 12.4 Å². The zero-order chi connectivity index (χ0) is 90.9. The third-order valence-electron chi connectivity index (χ3n) is 29.1. The molecule has 8 saturated carbocycles. The summed E-state index contributed by atoms with van der Waals surface area (Å²) in [5.74, 6) is 0.412. The Balaban J connectivity index is 0.000000158. The predicted molar refractivity (Wildman–Crippen MR) is 497 cm³/mol. The molecule has 8 atom stereocenters. The second-order valence-electron chi connectivity index (χ2n) is 43.9. The lowest BCUT2D eigenvalue weighted by Crippen LogP contribution is -2.48. The molecule has 702 valence electrons. The number of aldehydes is 1. The lowest BCUT2D eigenvalue weighted by molar-refractivity contribution is -0.157. The van der Waals surface area contributed by atoms with Crippen LogP contribution in [0.1, 0.15) is 278 Å². The maximum Gasteiger partial charge on any atom is 0.410 e.